The Labute approximate surface area is 187 Å². The third kappa shape index (κ3) is 6.29. The number of aromatic nitrogens is 1. The summed E-state index contributed by atoms with van der Waals surface area (Å²) in [5, 5.41) is 11.4. The van der Waals surface area contributed by atoms with Crippen LogP contribution >= 0.6 is 0 Å². The smallest absolute Gasteiger partial charge is 0.251 e. The van der Waals surface area contributed by atoms with E-state index >= 15 is 0 Å². The molecule has 3 aromatic rings. The molecular formula is C23H26N4O4S. The summed E-state index contributed by atoms with van der Waals surface area (Å²) in [6.07, 6.45) is 5.08. The molecular weight excluding hydrogens is 428 g/mol. The van der Waals surface area contributed by atoms with Gasteiger partial charge in [-0.3, -0.25) is 9.78 Å². The molecule has 4 N–H and O–H groups in total. The van der Waals surface area contributed by atoms with E-state index in [1.807, 2.05) is 19.1 Å². The van der Waals surface area contributed by atoms with Gasteiger partial charge in [0.2, 0.25) is 10.0 Å². The number of amides is 1. The van der Waals surface area contributed by atoms with Gasteiger partial charge in [0.1, 0.15) is 10.6 Å². The van der Waals surface area contributed by atoms with Gasteiger partial charge in [-0.2, -0.15) is 0 Å². The first-order valence-electron chi connectivity index (χ1n) is 10.2. The van der Waals surface area contributed by atoms with E-state index in [0.717, 1.165) is 18.4 Å². The summed E-state index contributed by atoms with van der Waals surface area (Å²) in [6.45, 7) is 2.87. The molecule has 0 saturated carbocycles. The number of nitrogens with zero attached hydrogens (tertiary/aromatic N) is 1. The first kappa shape index (κ1) is 23.2. The van der Waals surface area contributed by atoms with Crippen molar-refractivity contribution in [2.45, 2.75) is 31.2 Å². The quantitative estimate of drug-likeness (QED) is 0.402. The van der Waals surface area contributed by atoms with Crippen LogP contribution in [0, 0.1) is 0 Å². The number of benzene rings is 2. The summed E-state index contributed by atoms with van der Waals surface area (Å²) in [7, 11) is -4.18. The zero-order valence-corrected chi connectivity index (χ0v) is 18.6. The van der Waals surface area contributed by atoms with Crippen LogP contribution in [0.15, 0.2) is 71.9 Å². The fourth-order valence-electron chi connectivity index (χ4n) is 2.97. The number of sulfonamides is 1. The third-order valence-corrected chi connectivity index (χ3v) is 5.52. The summed E-state index contributed by atoms with van der Waals surface area (Å²) in [4.78, 5) is 16.6. The van der Waals surface area contributed by atoms with Crippen molar-refractivity contribution in [3.05, 3.63) is 78.1 Å². The van der Waals surface area contributed by atoms with Gasteiger partial charge in [0.05, 0.1) is 5.69 Å². The van der Waals surface area contributed by atoms with Crippen LogP contribution in [0.1, 0.15) is 35.7 Å². The Bertz CT molecular complexity index is 1150. The van der Waals surface area contributed by atoms with Crippen LogP contribution < -0.4 is 20.5 Å². The van der Waals surface area contributed by atoms with E-state index in [2.05, 4.69) is 15.6 Å². The second-order valence-electron chi connectivity index (χ2n) is 7.14. The fourth-order valence-corrected chi connectivity index (χ4v) is 3.68. The molecule has 168 valence electrons. The van der Waals surface area contributed by atoms with Crippen molar-refractivity contribution in [2.75, 3.05) is 11.9 Å². The second kappa shape index (κ2) is 10.7. The van der Waals surface area contributed by atoms with Gasteiger partial charge in [0.15, 0.2) is 5.75 Å². The van der Waals surface area contributed by atoms with E-state index in [4.69, 9.17) is 9.88 Å². The van der Waals surface area contributed by atoms with Crippen LogP contribution in [-0.4, -0.2) is 25.9 Å². The molecule has 0 bridgehead atoms. The van der Waals surface area contributed by atoms with E-state index in [1.165, 1.54) is 6.07 Å². The van der Waals surface area contributed by atoms with Crippen LogP contribution in [0.25, 0.3) is 0 Å². The molecule has 0 atom stereocenters. The maximum Gasteiger partial charge on any atom is 0.251 e. The molecule has 0 aliphatic rings. The van der Waals surface area contributed by atoms with Gasteiger partial charge in [-0.25, -0.2) is 13.6 Å². The van der Waals surface area contributed by atoms with Crippen molar-refractivity contribution in [2.24, 2.45) is 5.14 Å². The number of nitrogens with one attached hydrogen (secondary N) is 2. The number of rotatable bonds is 10. The van der Waals surface area contributed by atoms with Crippen LogP contribution in [0.4, 0.5) is 5.69 Å². The number of carbonyl (C=O) groups excluding carboxylic acids is 1. The molecule has 0 radical (unpaired) electrons. The van der Waals surface area contributed by atoms with Gasteiger partial charge >= 0.3 is 0 Å². The lowest BCUT2D eigenvalue weighted by Crippen LogP contribution is -2.24. The minimum absolute atomic E-state index is 0.0543. The lowest BCUT2D eigenvalue weighted by atomic mass is 10.1. The largest absolute Gasteiger partial charge is 0.454 e. The van der Waals surface area contributed by atoms with Crippen LogP contribution in [0.5, 0.6) is 11.5 Å². The molecule has 0 saturated heterocycles. The molecule has 0 unspecified atom stereocenters. The molecule has 1 aromatic heterocycles. The molecule has 2 aromatic carbocycles. The lowest BCUT2D eigenvalue weighted by Gasteiger charge is -2.18. The average Bonchev–Trinajstić information content (AvgIpc) is 2.79. The molecule has 0 spiro atoms. The van der Waals surface area contributed by atoms with Gasteiger partial charge in [-0.1, -0.05) is 37.6 Å². The molecule has 0 aliphatic heterocycles. The number of nitrogens with two attached hydrogens (primary N) is 1. The second-order valence-corrected chi connectivity index (χ2v) is 8.67. The number of pyridine rings is 1. The van der Waals surface area contributed by atoms with Crippen molar-refractivity contribution in [1.82, 2.24) is 10.3 Å². The topological polar surface area (TPSA) is 123 Å². The Morgan fingerprint density at radius 1 is 1.12 bits per heavy atom. The Morgan fingerprint density at radius 2 is 1.91 bits per heavy atom. The number of unbranched alkanes of at least 4 members (excludes halogenated alkanes) is 1. The van der Waals surface area contributed by atoms with E-state index < -0.39 is 15.9 Å². The summed E-state index contributed by atoms with van der Waals surface area (Å²) < 4.78 is 30.7. The third-order valence-electron chi connectivity index (χ3n) is 4.61. The molecule has 0 aliphatic carbocycles. The zero-order chi connectivity index (χ0) is 23.0. The summed E-state index contributed by atoms with van der Waals surface area (Å²) >= 11 is 0. The molecule has 8 nitrogen and oxygen atoms in total. The number of para-hydroxylation sites is 1. The highest BCUT2D eigenvalue weighted by atomic mass is 32.2. The van der Waals surface area contributed by atoms with Gasteiger partial charge in [-0.05, 0) is 42.3 Å². The van der Waals surface area contributed by atoms with Crippen LogP contribution in [-0.2, 0) is 16.6 Å². The van der Waals surface area contributed by atoms with E-state index in [9.17, 15) is 13.2 Å². The number of hydrogen-bond acceptors (Lipinski definition) is 6. The zero-order valence-electron chi connectivity index (χ0n) is 17.7. The monoisotopic (exact) mass is 454 g/mol. The van der Waals surface area contributed by atoms with Gasteiger partial charge in [-0.15, -0.1) is 0 Å². The minimum atomic E-state index is -4.18. The summed E-state index contributed by atoms with van der Waals surface area (Å²) in [5.74, 6) is 0.0619. The SMILES string of the molecule is CCCCNc1cc(C(=O)NCc2cccnc2)cc(S(N)(=O)=O)c1Oc1ccccc1. The van der Waals surface area contributed by atoms with Crippen LogP contribution in [0.3, 0.4) is 0 Å². The number of carbonyl (C=O) groups is 1. The van der Waals surface area contributed by atoms with E-state index in [0.29, 0.717) is 18.0 Å². The Balaban J connectivity index is 1.98. The highest BCUT2D eigenvalue weighted by Crippen LogP contribution is 2.37. The van der Waals surface area contributed by atoms with E-state index in [-0.39, 0.29) is 22.8 Å². The Morgan fingerprint density at radius 3 is 2.56 bits per heavy atom. The molecule has 9 heteroatoms. The van der Waals surface area contributed by atoms with E-state index in [1.54, 1.807) is 48.8 Å². The summed E-state index contributed by atoms with van der Waals surface area (Å²) in [6, 6.07) is 15.2. The predicted molar refractivity (Wildman–Crippen MR) is 123 cm³/mol. The van der Waals surface area contributed by atoms with Gasteiger partial charge in [0.25, 0.3) is 5.91 Å². The Hall–Kier alpha value is -3.43. The highest BCUT2D eigenvalue weighted by molar-refractivity contribution is 7.89. The number of ether oxygens (including phenoxy) is 1. The van der Waals surface area contributed by atoms with Gasteiger partial charge < -0.3 is 15.4 Å². The molecule has 0 fully saturated rings. The van der Waals surface area contributed by atoms with Gasteiger partial charge in [0, 0.05) is 31.0 Å². The first-order chi connectivity index (χ1) is 15.4. The highest BCUT2D eigenvalue weighted by Gasteiger charge is 2.23. The number of anilines is 1. The molecule has 3 rings (SSSR count). The minimum Gasteiger partial charge on any atom is -0.454 e. The molecule has 32 heavy (non-hydrogen) atoms. The van der Waals surface area contributed by atoms with Crippen molar-refractivity contribution in [3.8, 4) is 11.5 Å². The van der Waals surface area contributed by atoms with Crippen molar-refractivity contribution < 1.29 is 17.9 Å². The lowest BCUT2D eigenvalue weighted by molar-refractivity contribution is 0.0950. The molecule has 1 amide bonds. The van der Waals surface area contributed by atoms with Crippen molar-refractivity contribution >= 4 is 21.6 Å². The fraction of sp³-hybridized carbons (Fsp3) is 0.217. The number of hydrogen-bond donors (Lipinski definition) is 3. The standard InChI is InChI=1S/C23H26N4O4S/c1-2-3-12-26-20-13-18(23(28)27-16-17-8-7-11-25-15-17)14-21(32(24,29)30)22(20)31-19-9-5-4-6-10-19/h4-11,13-15,26H,2-3,12,16H2,1H3,(H,27,28)(H2,24,29,30). The van der Waals surface area contributed by atoms with Crippen molar-refractivity contribution in [1.29, 1.82) is 0 Å². The van der Waals surface area contributed by atoms with Crippen molar-refractivity contribution in [3.63, 3.8) is 0 Å². The summed E-state index contributed by atoms with van der Waals surface area (Å²) in [5.41, 5.74) is 1.34. The number of primary sulfonamides is 1. The maximum atomic E-state index is 12.8. The maximum absolute atomic E-state index is 12.8. The Kier molecular flexibility index (Phi) is 7.80. The first-order valence-corrected chi connectivity index (χ1v) is 11.8. The average molecular weight is 455 g/mol. The van der Waals surface area contributed by atoms with Crippen LogP contribution in [0.2, 0.25) is 0 Å². The normalized spacial score (nSPS) is 11.1. The molecule has 1 heterocycles. The predicted octanol–water partition coefficient (Wildman–Crippen LogP) is 3.66.